The number of carbonyl (C=O) groups excluding carboxylic acids is 1. The quantitative estimate of drug-likeness (QED) is 0.786. The average molecular weight is 348 g/mol. The number of hydrogen-bond donors (Lipinski definition) is 1. The fraction of sp³-hybridized carbons (Fsp3) is 0.150. The maximum Gasteiger partial charge on any atom is 0.270 e. The topological polar surface area (TPSA) is 58.1 Å². The van der Waals surface area contributed by atoms with E-state index in [1.807, 2.05) is 12.1 Å². The number of halogens is 1. The lowest BCUT2D eigenvalue weighted by molar-refractivity contribution is 0.0946. The van der Waals surface area contributed by atoms with Crippen LogP contribution in [0.2, 0.25) is 0 Å². The van der Waals surface area contributed by atoms with Crippen molar-refractivity contribution in [3.8, 4) is 0 Å². The van der Waals surface area contributed by atoms with Gasteiger partial charge in [-0.25, -0.2) is 14.4 Å². The summed E-state index contributed by atoms with van der Waals surface area (Å²) in [5.74, 6) is 0.119. The first-order valence-corrected chi connectivity index (χ1v) is 8.41. The van der Waals surface area contributed by atoms with E-state index in [9.17, 15) is 9.18 Å². The van der Waals surface area contributed by atoms with Gasteiger partial charge in [0.1, 0.15) is 23.7 Å². The van der Waals surface area contributed by atoms with E-state index >= 15 is 0 Å². The Bertz CT molecular complexity index is 943. The summed E-state index contributed by atoms with van der Waals surface area (Å²) in [6.45, 7) is 1.14. The zero-order valence-corrected chi connectivity index (χ0v) is 14.0. The van der Waals surface area contributed by atoms with Crippen molar-refractivity contribution in [1.29, 1.82) is 0 Å². The van der Waals surface area contributed by atoms with Gasteiger partial charge < -0.3 is 10.2 Å². The summed E-state index contributed by atoms with van der Waals surface area (Å²) < 4.78 is 12.9. The third-order valence-electron chi connectivity index (χ3n) is 4.42. The number of fused-ring (bicyclic) bond motifs is 1. The first-order valence-electron chi connectivity index (χ1n) is 8.41. The molecule has 130 valence electrons. The summed E-state index contributed by atoms with van der Waals surface area (Å²) in [5.41, 5.74) is 3.52. The van der Waals surface area contributed by atoms with Crippen LogP contribution in [-0.2, 0) is 13.0 Å². The van der Waals surface area contributed by atoms with Gasteiger partial charge in [-0.05, 0) is 35.7 Å². The van der Waals surface area contributed by atoms with Crippen molar-refractivity contribution < 1.29 is 9.18 Å². The Labute approximate surface area is 150 Å². The number of anilines is 2. The summed E-state index contributed by atoms with van der Waals surface area (Å²) in [6.07, 6.45) is 2.36. The van der Waals surface area contributed by atoms with Gasteiger partial charge in [0.15, 0.2) is 0 Å². The summed E-state index contributed by atoms with van der Waals surface area (Å²) in [4.78, 5) is 22.9. The molecule has 5 nitrogen and oxygen atoms in total. The third-order valence-corrected chi connectivity index (χ3v) is 4.42. The number of amides is 1. The lowest BCUT2D eigenvalue weighted by Crippen LogP contribution is -2.24. The second kappa shape index (κ2) is 6.92. The van der Waals surface area contributed by atoms with E-state index in [2.05, 4.69) is 32.3 Å². The molecule has 1 amide bonds. The van der Waals surface area contributed by atoms with Crippen molar-refractivity contribution in [1.82, 2.24) is 15.3 Å². The minimum absolute atomic E-state index is 0.287. The largest absolute Gasteiger partial charge is 0.347 e. The molecular weight excluding hydrogens is 331 g/mol. The molecule has 1 N–H and O–H groups in total. The molecule has 4 rings (SSSR count). The van der Waals surface area contributed by atoms with Gasteiger partial charge in [0, 0.05) is 24.8 Å². The van der Waals surface area contributed by atoms with Crippen LogP contribution in [-0.4, -0.2) is 22.4 Å². The molecule has 3 aromatic rings. The van der Waals surface area contributed by atoms with Crippen LogP contribution in [0.4, 0.5) is 15.9 Å². The molecule has 0 fully saturated rings. The first kappa shape index (κ1) is 16.2. The number of hydrogen-bond acceptors (Lipinski definition) is 4. The SMILES string of the molecule is O=C(NCc1ccc(F)cc1)c1cc(N2CCc3ccccc32)ncn1. The van der Waals surface area contributed by atoms with Crippen molar-refractivity contribution >= 4 is 17.4 Å². The van der Waals surface area contributed by atoms with Crippen LogP contribution in [0.1, 0.15) is 21.6 Å². The van der Waals surface area contributed by atoms with Crippen molar-refractivity contribution in [2.24, 2.45) is 0 Å². The molecule has 1 aromatic heterocycles. The molecule has 1 aliphatic rings. The van der Waals surface area contributed by atoms with Crippen molar-refractivity contribution in [3.05, 3.63) is 83.6 Å². The van der Waals surface area contributed by atoms with Crippen LogP contribution in [0, 0.1) is 5.82 Å². The fourth-order valence-electron chi connectivity index (χ4n) is 3.07. The Balaban J connectivity index is 1.49. The Morgan fingerprint density at radius 3 is 2.77 bits per heavy atom. The highest BCUT2D eigenvalue weighted by Gasteiger charge is 2.21. The summed E-state index contributed by atoms with van der Waals surface area (Å²) in [5, 5.41) is 2.80. The second-order valence-electron chi connectivity index (χ2n) is 6.10. The molecular formula is C20H17FN4O. The number of nitrogens with zero attached hydrogens (tertiary/aromatic N) is 3. The van der Waals surface area contributed by atoms with Gasteiger partial charge in [-0.1, -0.05) is 30.3 Å². The van der Waals surface area contributed by atoms with E-state index in [-0.39, 0.29) is 11.7 Å². The summed E-state index contributed by atoms with van der Waals surface area (Å²) in [7, 11) is 0. The number of aromatic nitrogens is 2. The molecule has 2 aromatic carbocycles. The molecule has 0 atom stereocenters. The predicted octanol–water partition coefficient (Wildman–Crippen LogP) is 3.24. The molecule has 1 aliphatic heterocycles. The van der Waals surface area contributed by atoms with Crippen LogP contribution in [0.5, 0.6) is 0 Å². The number of benzene rings is 2. The highest BCUT2D eigenvalue weighted by Crippen LogP contribution is 2.32. The van der Waals surface area contributed by atoms with Crippen LogP contribution in [0.15, 0.2) is 60.9 Å². The summed E-state index contributed by atoms with van der Waals surface area (Å²) >= 11 is 0. The van der Waals surface area contributed by atoms with Gasteiger partial charge in [0.05, 0.1) is 0 Å². The molecule has 0 unspecified atom stereocenters. The van der Waals surface area contributed by atoms with E-state index in [4.69, 9.17) is 0 Å². The van der Waals surface area contributed by atoms with Crippen LogP contribution >= 0.6 is 0 Å². The minimum atomic E-state index is -0.300. The Morgan fingerprint density at radius 1 is 1.12 bits per heavy atom. The van der Waals surface area contributed by atoms with E-state index in [0.717, 1.165) is 24.2 Å². The van der Waals surface area contributed by atoms with Gasteiger partial charge in [-0.15, -0.1) is 0 Å². The van der Waals surface area contributed by atoms with E-state index in [0.29, 0.717) is 18.1 Å². The highest BCUT2D eigenvalue weighted by molar-refractivity contribution is 5.93. The van der Waals surface area contributed by atoms with Crippen molar-refractivity contribution in [3.63, 3.8) is 0 Å². The van der Waals surface area contributed by atoms with Gasteiger partial charge >= 0.3 is 0 Å². The van der Waals surface area contributed by atoms with Crippen molar-refractivity contribution in [2.75, 3.05) is 11.4 Å². The Morgan fingerprint density at radius 2 is 1.92 bits per heavy atom. The van der Waals surface area contributed by atoms with Gasteiger partial charge in [0.25, 0.3) is 5.91 Å². The number of nitrogens with one attached hydrogen (secondary N) is 1. The fourth-order valence-corrected chi connectivity index (χ4v) is 3.07. The molecule has 0 bridgehead atoms. The van der Waals surface area contributed by atoms with Crippen LogP contribution in [0.3, 0.4) is 0 Å². The maximum absolute atomic E-state index is 12.9. The maximum atomic E-state index is 12.9. The number of para-hydroxylation sites is 1. The molecule has 2 heterocycles. The molecule has 6 heteroatoms. The number of rotatable bonds is 4. The monoisotopic (exact) mass is 348 g/mol. The normalized spacial score (nSPS) is 12.7. The van der Waals surface area contributed by atoms with Gasteiger partial charge in [0.2, 0.25) is 0 Å². The zero-order valence-electron chi connectivity index (χ0n) is 14.0. The lowest BCUT2D eigenvalue weighted by atomic mass is 10.2. The predicted molar refractivity (Wildman–Crippen MR) is 96.8 cm³/mol. The third kappa shape index (κ3) is 3.26. The molecule has 0 radical (unpaired) electrons. The average Bonchev–Trinajstić information content (AvgIpc) is 3.11. The van der Waals surface area contributed by atoms with Gasteiger partial charge in [-0.2, -0.15) is 0 Å². The Hall–Kier alpha value is -3.28. The highest BCUT2D eigenvalue weighted by atomic mass is 19.1. The number of carbonyl (C=O) groups is 1. The smallest absolute Gasteiger partial charge is 0.270 e. The lowest BCUT2D eigenvalue weighted by Gasteiger charge is -2.18. The molecule has 0 saturated carbocycles. The van der Waals surface area contributed by atoms with Crippen molar-refractivity contribution in [2.45, 2.75) is 13.0 Å². The van der Waals surface area contributed by atoms with Gasteiger partial charge in [-0.3, -0.25) is 4.79 Å². The molecule has 26 heavy (non-hydrogen) atoms. The zero-order chi connectivity index (χ0) is 17.9. The summed E-state index contributed by atoms with van der Waals surface area (Å²) in [6, 6.07) is 15.9. The van der Waals surface area contributed by atoms with Crippen LogP contribution < -0.4 is 10.2 Å². The molecule has 0 saturated heterocycles. The molecule has 0 spiro atoms. The standard InChI is InChI=1S/C20H17FN4O/c21-16-7-5-14(6-8-16)12-22-20(26)17-11-19(24-13-23-17)25-10-9-15-3-1-2-4-18(15)25/h1-8,11,13H,9-10,12H2,(H,22,26). The first-order chi connectivity index (χ1) is 12.7. The minimum Gasteiger partial charge on any atom is -0.347 e. The van der Waals surface area contributed by atoms with E-state index in [1.54, 1.807) is 18.2 Å². The van der Waals surface area contributed by atoms with E-state index < -0.39 is 0 Å². The van der Waals surface area contributed by atoms with Crippen LogP contribution in [0.25, 0.3) is 0 Å². The molecule has 0 aliphatic carbocycles. The Kier molecular flexibility index (Phi) is 4.31. The second-order valence-corrected chi connectivity index (χ2v) is 6.10. The van der Waals surface area contributed by atoms with E-state index in [1.165, 1.54) is 24.0 Å².